The van der Waals surface area contributed by atoms with E-state index in [4.69, 9.17) is 9.47 Å². The van der Waals surface area contributed by atoms with E-state index >= 15 is 0 Å². The minimum Gasteiger partial charge on any atom is -0.445 e. The first-order chi connectivity index (χ1) is 18.0. The van der Waals surface area contributed by atoms with Crippen molar-refractivity contribution in [3.05, 3.63) is 102 Å². The molecule has 3 rings (SSSR count). The van der Waals surface area contributed by atoms with Crippen molar-refractivity contribution in [2.45, 2.75) is 45.4 Å². The number of anilines is 1. The van der Waals surface area contributed by atoms with E-state index in [0.29, 0.717) is 31.5 Å². The second-order valence-electron chi connectivity index (χ2n) is 8.60. The number of hydrogen-bond acceptors (Lipinski definition) is 5. The highest BCUT2D eigenvalue weighted by molar-refractivity contribution is 5.96. The van der Waals surface area contributed by atoms with E-state index in [0.717, 1.165) is 16.7 Å². The number of carbonyl (C=O) groups is 3. The molecule has 1 atom stereocenters. The van der Waals surface area contributed by atoms with Crippen LogP contribution in [-0.2, 0) is 27.5 Å². The smallest absolute Gasteiger partial charge is 0.408 e. The largest absolute Gasteiger partial charge is 0.445 e. The average molecular weight is 504 g/mol. The van der Waals surface area contributed by atoms with Gasteiger partial charge < -0.3 is 25.4 Å². The molecule has 0 saturated carbocycles. The molecule has 37 heavy (non-hydrogen) atoms. The third-order valence-corrected chi connectivity index (χ3v) is 5.51. The van der Waals surface area contributed by atoms with Crippen LogP contribution in [0.4, 0.5) is 15.3 Å². The molecule has 0 aliphatic carbocycles. The lowest BCUT2D eigenvalue weighted by molar-refractivity contribution is -0.118. The van der Waals surface area contributed by atoms with Crippen molar-refractivity contribution < 1.29 is 23.9 Å². The van der Waals surface area contributed by atoms with Crippen LogP contribution in [0.3, 0.4) is 0 Å². The molecule has 0 fully saturated rings. The van der Waals surface area contributed by atoms with Gasteiger partial charge in [-0.3, -0.25) is 4.79 Å². The Morgan fingerprint density at radius 3 is 2.00 bits per heavy atom. The molecule has 0 unspecified atom stereocenters. The number of benzene rings is 3. The molecule has 194 valence electrons. The third kappa shape index (κ3) is 10.4. The first kappa shape index (κ1) is 27.3. The fourth-order valence-electron chi connectivity index (χ4n) is 3.57. The van der Waals surface area contributed by atoms with Gasteiger partial charge in [-0.2, -0.15) is 0 Å². The SMILES string of the molecule is Cc1cccc(NC(=O)[C@H](CCCCNC(=O)OCc2ccccc2)NC(=O)OCc2ccccc2)c1. The number of alkyl carbamates (subject to hydrolysis) is 2. The highest BCUT2D eigenvalue weighted by Crippen LogP contribution is 2.12. The molecule has 8 nitrogen and oxygen atoms in total. The lowest BCUT2D eigenvalue weighted by Gasteiger charge is -2.19. The maximum absolute atomic E-state index is 13.0. The van der Waals surface area contributed by atoms with Crippen LogP contribution < -0.4 is 16.0 Å². The first-order valence-corrected chi connectivity index (χ1v) is 12.3. The molecule has 8 heteroatoms. The van der Waals surface area contributed by atoms with Crippen LogP contribution in [0.1, 0.15) is 36.0 Å². The molecule has 3 N–H and O–H groups in total. The van der Waals surface area contributed by atoms with E-state index in [1.54, 1.807) is 6.07 Å². The number of ether oxygens (including phenoxy) is 2. The Balaban J connectivity index is 1.45. The van der Waals surface area contributed by atoms with E-state index in [9.17, 15) is 14.4 Å². The van der Waals surface area contributed by atoms with Gasteiger partial charge in [-0.15, -0.1) is 0 Å². The Kier molecular flexibility index (Phi) is 11.0. The van der Waals surface area contributed by atoms with Gasteiger partial charge in [0.1, 0.15) is 19.3 Å². The number of rotatable bonds is 12. The Hall–Kier alpha value is -4.33. The van der Waals surface area contributed by atoms with Gasteiger partial charge in [0.05, 0.1) is 0 Å². The molecule has 0 saturated heterocycles. The van der Waals surface area contributed by atoms with Crippen LogP contribution in [0.25, 0.3) is 0 Å². The van der Waals surface area contributed by atoms with Crippen molar-refractivity contribution in [2.75, 3.05) is 11.9 Å². The molecular formula is C29H33N3O5. The van der Waals surface area contributed by atoms with Crippen LogP contribution in [-0.4, -0.2) is 30.7 Å². The predicted molar refractivity (Wildman–Crippen MR) is 142 cm³/mol. The molecule has 0 spiro atoms. The summed E-state index contributed by atoms with van der Waals surface area (Å²) in [7, 11) is 0. The molecule has 0 bridgehead atoms. The van der Waals surface area contributed by atoms with Crippen LogP contribution >= 0.6 is 0 Å². The van der Waals surface area contributed by atoms with Gasteiger partial charge in [-0.25, -0.2) is 9.59 Å². The standard InChI is InChI=1S/C29H33N3O5/c1-22-11-10-16-25(19-22)31-27(33)26(32-29(35)37-21-24-14-6-3-7-15-24)17-8-9-18-30-28(34)36-20-23-12-4-2-5-13-23/h2-7,10-16,19,26H,8-9,17-18,20-21H2,1H3,(H,30,34)(H,31,33)(H,32,35)/t26-/m0/s1. The summed E-state index contributed by atoms with van der Waals surface area (Å²) < 4.78 is 10.5. The number of unbranched alkanes of at least 4 members (excludes halogenated alkanes) is 1. The average Bonchev–Trinajstić information content (AvgIpc) is 2.91. The fourth-order valence-corrected chi connectivity index (χ4v) is 3.57. The van der Waals surface area contributed by atoms with Gasteiger partial charge in [0.15, 0.2) is 0 Å². The quantitative estimate of drug-likeness (QED) is 0.290. The Bertz CT molecular complexity index is 1140. The number of carbonyl (C=O) groups excluding carboxylic acids is 3. The van der Waals surface area contributed by atoms with Gasteiger partial charge in [0.2, 0.25) is 5.91 Å². The Morgan fingerprint density at radius 2 is 1.38 bits per heavy atom. The topological polar surface area (TPSA) is 106 Å². The van der Waals surface area contributed by atoms with E-state index in [2.05, 4.69) is 16.0 Å². The molecule has 0 aliphatic heterocycles. The summed E-state index contributed by atoms with van der Waals surface area (Å²) in [6, 6.07) is 25.4. The molecule has 3 aromatic rings. The number of nitrogens with one attached hydrogen (secondary N) is 3. The Labute approximate surface area is 217 Å². The van der Waals surface area contributed by atoms with E-state index < -0.39 is 18.2 Å². The molecule has 0 aliphatic rings. The maximum atomic E-state index is 13.0. The van der Waals surface area contributed by atoms with Crippen molar-refractivity contribution in [2.24, 2.45) is 0 Å². The van der Waals surface area contributed by atoms with Crippen molar-refractivity contribution in [1.29, 1.82) is 0 Å². The molecule has 0 aromatic heterocycles. The summed E-state index contributed by atoms with van der Waals surface area (Å²) >= 11 is 0. The molecule has 0 radical (unpaired) electrons. The minimum absolute atomic E-state index is 0.105. The van der Waals surface area contributed by atoms with Crippen LogP contribution in [0.2, 0.25) is 0 Å². The molecule has 3 aromatic carbocycles. The van der Waals surface area contributed by atoms with Gasteiger partial charge in [0.25, 0.3) is 0 Å². The van der Waals surface area contributed by atoms with E-state index in [1.165, 1.54) is 0 Å². The van der Waals surface area contributed by atoms with Gasteiger partial charge in [-0.05, 0) is 55.0 Å². The summed E-state index contributed by atoms with van der Waals surface area (Å²) in [5.74, 6) is -0.336. The highest BCUT2D eigenvalue weighted by atomic mass is 16.6. The second kappa shape index (κ2) is 14.9. The number of amides is 3. The fraction of sp³-hybridized carbons (Fsp3) is 0.276. The highest BCUT2D eigenvalue weighted by Gasteiger charge is 2.21. The van der Waals surface area contributed by atoms with Crippen LogP contribution in [0, 0.1) is 6.92 Å². The van der Waals surface area contributed by atoms with Gasteiger partial charge in [-0.1, -0.05) is 72.8 Å². The normalized spacial score (nSPS) is 11.2. The molecule has 0 heterocycles. The zero-order valence-electron chi connectivity index (χ0n) is 20.9. The number of aryl methyl sites for hydroxylation is 1. The Morgan fingerprint density at radius 1 is 0.757 bits per heavy atom. The van der Waals surface area contributed by atoms with E-state index in [-0.39, 0.29) is 19.1 Å². The first-order valence-electron chi connectivity index (χ1n) is 12.3. The molecule has 3 amide bonds. The number of hydrogen-bond donors (Lipinski definition) is 3. The summed E-state index contributed by atoms with van der Waals surface area (Å²) in [4.78, 5) is 37.3. The van der Waals surface area contributed by atoms with Crippen molar-refractivity contribution >= 4 is 23.8 Å². The van der Waals surface area contributed by atoms with Crippen LogP contribution in [0.5, 0.6) is 0 Å². The van der Waals surface area contributed by atoms with Crippen molar-refractivity contribution in [3.8, 4) is 0 Å². The van der Waals surface area contributed by atoms with Crippen molar-refractivity contribution in [1.82, 2.24) is 10.6 Å². The maximum Gasteiger partial charge on any atom is 0.408 e. The predicted octanol–water partition coefficient (Wildman–Crippen LogP) is 5.33. The zero-order valence-corrected chi connectivity index (χ0v) is 20.9. The monoisotopic (exact) mass is 503 g/mol. The van der Waals surface area contributed by atoms with E-state index in [1.807, 2.05) is 85.8 Å². The van der Waals surface area contributed by atoms with Gasteiger partial charge >= 0.3 is 12.2 Å². The lowest BCUT2D eigenvalue weighted by Crippen LogP contribution is -2.44. The second-order valence-corrected chi connectivity index (χ2v) is 8.60. The zero-order chi connectivity index (χ0) is 26.3. The van der Waals surface area contributed by atoms with Crippen LogP contribution in [0.15, 0.2) is 84.9 Å². The van der Waals surface area contributed by atoms with Crippen molar-refractivity contribution in [3.63, 3.8) is 0 Å². The summed E-state index contributed by atoms with van der Waals surface area (Å²) in [6.07, 6.45) is 0.397. The lowest BCUT2D eigenvalue weighted by atomic mass is 10.1. The third-order valence-electron chi connectivity index (χ3n) is 5.51. The summed E-state index contributed by atoms with van der Waals surface area (Å²) in [5, 5.41) is 8.24. The minimum atomic E-state index is -0.797. The van der Waals surface area contributed by atoms with Gasteiger partial charge in [0, 0.05) is 12.2 Å². The summed E-state index contributed by atoms with van der Waals surface area (Å²) in [5.41, 5.74) is 3.42. The molecular weight excluding hydrogens is 470 g/mol. The summed E-state index contributed by atoms with van der Waals surface area (Å²) in [6.45, 7) is 2.62.